The van der Waals surface area contributed by atoms with Crippen LogP contribution in [0.2, 0.25) is 0 Å². The Morgan fingerprint density at radius 2 is 2.56 bits per heavy atom. The Morgan fingerprint density at radius 3 is 3.12 bits per heavy atom. The van der Waals surface area contributed by atoms with Crippen LogP contribution >= 0.6 is 11.3 Å². The first-order chi connectivity index (χ1) is 7.62. The van der Waals surface area contributed by atoms with Crippen molar-refractivity contribution in [3.8, 4) is 0 Å². The summed E-state index contributed by atoms with van der Waals surface area (Å²) in [7, 11) is 0. The Bertz CT molecular complexity index is 383. The summed E-state index contributed by atoms with van der Waals surface area (Å²) < 4.78 is 5.16. The van der Waals surface area contributed by atoms with E-state index in [1.807, 2.05) is 18.4 Å². The monoisotopic (exact) mass is 240 g/mol. The van der Waals surface area contributed by atoms with E-state index in [2.05, 4.69) is 5.32 Å². The zero-order valence-corrected chi connectivity index (χ0v) is 10.1. The van der Waals surface area contributed by atoms with Gasteiger partial charge in [0.2, 0.25) is 5.91 Å². The normalized spacial score (nSPS) is 24.6. The molecule has 1 aromatic heterocycles. The maximum atomic E-state index is 11.9. The molecule has 2 rings (SSSR count). The van der Waals surface area contributed by atoms with Gasteiger partial charge in [0.1, 0.15) is 5.54 Å². The smallest absolute Gasteiger partial charge is 0.242 e. The molecule has 1 fully saturated rings. The number of amides is 1. The molecule has 4 nitrogen and oxygen atoms in total. The minimum Gasteiger partial charge on any atom is -0.379 e. The molecule has 1 saturated heterocycles. The maximum Gasteiger partial charge on any atom is 0.242 e. The second kappa shape index (κ2) is 4.53. The highest BCUT2D eigenvalue weighted by Gasteiger charge is 2.37. The molecule has 16 heavy (non-hydrogen) atoms. The molecule has 1 aliphatic heterocycles. The van der Waals surface area contributed by atoms with Gasteiger partial charge in [0, 0.05) is 11.5 Å². The Labute approximate surface area is 98.8 Å². The van der Waals surface area contributed by atoms with Crippen LogP contribution in [-0.4, -0.2) is 24.7 Å². The fourth-order valence-corrected chi connectivity index (χ4v) is 2.53. The summed E-state index contributed by atoms with van der Waals surface area (Å²) in [6.45, 7) is 3.49. The molecule has 0 radical (unpaired) electrons. The first kappa shape index (κ1) is 11.6. The predicted octanol–water partition coefficient (Wildman–Crippen LogP) is 0.791. The van der Waals surface area contributed by atoms with Crippen LogP contribution in [0, 0.1) is 6.92 Å². The van der Waals surface area contributed by atoms with Gasteiger partial charge in [-0.05, 0) is 30.4 Å². The first-order valence-electron chi connectivity index (χ1n) is 5.30. The van der Waals surface area contributed by atoms with Crippen LogP contribution < -0.4 is 11.1 Å². The van der Waals surface area contributed by atoms with Gasteiger partial charge in [-0.3, -0.25) is 4.79 Å². The summed E-state index contributed by atoms with van der Waals surface area (Å²) in [6, 6.07) is 2.04. The lowest BCUT2D eigenvalue weighted by Gasteiger charge is -2.20. The number of thiophene rings is 1. The SMILES string of the molecule is Cc1ccsc1CNC(=O)C1(N)CCOC1. The number of nitrogens with two attached hydrogens (primary N) is 1. The molecular formula is C11H16N2O2S. The van der Waals surface area contributed by atoms with Gasteiger partial charge in [-0.2, -0.15) is 0 Å². The molecule has 0 saturated carbocycles. The summed E-state index contributed by atoms with van der Waals surface area (Å²) in [5.41, 5.74) is 6.33. The van der Waals surface area contributed by atoms with E-state index in [0.717, 1.165) is 0 Å². The number of aryl methyl sites for hydroxylation is 1. The van der Waals surface area contributed by atoms with Crippen LogP contribution in [0.3, 0.4) is 0 Å². The van der Waals surface area contributed by atoms with E-state index < -0.39 is 5.54 Å². The van der Waals surface area contributed by atoms with Gasteiger partial charge in [-0.25, -0.2) is 0 Å². The molecule has 0 spiro atoms. The average Bonchev–Trinajstić information content (AvgIpc) is 2.85. The second-order valence-corrected chi connectivity index (χ2v) is 5.17. The van der Waals surface area contributed by atoms with Gasteiger partial charge in [0.15, 0.2) is 0 Å². The summed E-state index contributed by atoms with van der Waals surface area (Å²) in [6.07, 6.45) is 0.599. The van der Waals surface area contributed by atoms with E-state index in [4.69, 9.17) is 10.5 Å². The lowest BCUT2D eigenvalue weighted by molar-refractivity contribution is -0.126. The molecule has 1 atom stereocenters. The van der Waals surface area contributed by atoms with Crippen molar-refractivity contribution in [2.24, 2.45) is 5.73 Å². The lowest BCUT2D eigenvalue weighted by atomic mass is 9.99. The highest BCUT2D eigenvalue weighted by molar-refractivity contribution is 7.10. The molecule has 2 heterocycles. The third-order valence-corrected chi connectivity index (χ3v) is 3.91. The topological polar surface area (TPSA) is 64.4 Å². The zero-order chi connectivity index (χ0) is 11.6. The molecular weight excluding hydrogens is 224 g/mol. The van der Waals surface area contributed by atoms with Gasteiger partial charge < -0.3 is 15.8 Å². The summed E-state index contributed by atoms with van der Waals surface area (Å²) in [4.78, 5) is 13.0. The van der Waals surface area contributed by atoms with Gasteiger partial charge in [-0.1, -0.05) is 0 Å². The summed E-state index contributed by atoms with van der Waals surface area (Å²) in [5.74, 6) is -0.113. The van der Waals surface area contributed by atoms with Crippen molar-refractivity contribution in [3.63, 3.8) is 0 Å². The number of nitrogens with one attached hydrogen (secondary N) is 1. The van der Waals surface area contributed by atoms with Gasteiger partial charge in [-0.15, -0.1) is 11.3 Å². The van der Waals surface area contributed by atoms with E-state index in [0.29, 0.717) is 26.2 Å². The molecule has 3 N–H and O–H groups in total. The number of rotatable bonds is 3. The van der Waals surface area contributed by atoms with Crippen LogP contribution in [0.15, 0.2) is 11.4 Å². The van der Waals surface area contributed by atoms with Crippen molar-refractivity contribution < 1.29 is 9.53 Å². The van der Waals surface area contributed by atoms with Crippen LogP contribution in [0.25, 0.3) is 0 Å². The summed E-state index contributed by atoms with van der Waals surface area (Å²) >= 11 is 1.65. The largest absolute Gasteiger partial charge is 0.379 e. The van der Waals surface area contributed by atoms with Crippen LogP contribution in [0.4, 0.5) is 0 Å². The van der Waals surface area contributed by atoms with Crippen molar-refractivity contribution in [2.45, 2.75) is 25.4 Å². The average molecular weight is 240 g/mol. The van der Waals surface area contributed by atoms with Crippen LogP contribution in [-0.2, 0) is 16.1 Å². The first-order valence-corrected chi connectivity index (χ1v) is 6.18. The Kier molecular flexibility index (Phi) is 3.28. The van der Waals surface area contributed by atoms with E-state index in [1.165, 1.54) is 10.4 Å². The third-order valence-electron chi connectivity index (χ3n) is 2.88. The predicted molar refractivity (Wildman–Crippen MR) is 63.3 cm³/mol. The third kappa shape index (κ3) is 2.26. The van der Waals surface area contributed by atoms with Crippen LogP contribution in [0.1, 0.15) is 16.9 Å². The molecule has 0 bridgehead atoms. The highest BCUT2D eigenvalue weighted by Crippen LogP contribution is 2.18. The number of hydrogen-bond donors (Lipinski definition) is 2. The molecule has 1 amide bonds. The van der Waals surface area contributed by atoms with E-state index in [1.54, 1.807) is 11.3 Å². The van der Waals surface area contributed by atoms with Crippen molar-refractivity contribution in [3.05, 3.63) is 21.9 Å². The minimum absolute atomic E-state index is 0.113. The molecule has 1 unspecified atom stereocenters. The van der Waals surface area contributed by atoms with E-state index in [9.17, 15) is 4.79 Å². The molecule has 5 heteroatoms. The molecule has 0 aromatic carbocycles. The van der Waals surface area contributed by atoms with E-state index >= 15 is 0 Å². The molecule has 0 aliphatic carbocycles. The van der Waals surface area contributed by atoms with Crippen molar-refractivity contribution >= 4 is 17.2 Å². The molecule has 1 aliphatic rings. The second-order valence-electron chi connectivity index (χ2n) is 4.17. The van der Waals surface area contributed by atoms with Gasteiger partial charge >= 0.3 is 0 Å². The van der Waals surface area contributed by atoms with Crippen LogP contribution in [0.5, 0.6) is 0 Å². The fourth-order valence-electron chi connectivity index (χ4n) is 1.68. The van der Waals surface area contributed by atoms with Gasteiger partial charge in [0.05, 0.1) is 13.2 Å². The Morgan fingerprint density at radius 1 is 1.75 bits per heavy atom. The lowest BCUT2D eigenvalue weighted by Crippen LogP contribution is -2.54. The highest BCUT2D eigenvalue weighted by atomic mass is 32.1. The standard InChI is InChI=1S/C11H16N2O2S/c1-8-2-5-16-9(8)6-13-10(14)11(12)3-4-15-7-11/h2,5H,3-4,6-7,12H2,1H3,(H,13,14). The number of ether oxygens (including phenoxy) is 1. The fraction of sp³-hybridized carbons (Fsp3) is 0.545. The van der Waals surface area contributed by atoms with E-state index in [-0.39, 0.29) is 5.91 Å². The Balaban J connectivity index is 1.91. The molecule has 88 valence electrons. The zero-order valence-electron chi connectivity index (χ0n) is 9.29. The number of hydrogen-bond acceptors (Lipinski definition) is 4. The number of carbonyl (C=O) groups excluding carboxylic acids is 1. The quantitative estimate of drug-likeness (QED) is 0.821. The molecule has 1 aromatic rings. The van der Waals surface area contributed by atoms with Crippen molar-refractivity contribution in [2.75, 3.05) is 13.2 Å². The van der Waals surface area contributed by atoms with Gasteiger partial charge in [0.25, 0.3) is 0 Å². The minimum atomic E-state index is -0.828. The van der Waals surface area contributed by atoms with Crippen molar-refractivity contribution in [1.29, 1.82) is 0 Å². The Hall–Kier alpha value is -0.910. The van der Waals surface area contributed by atoms with Crippen molar-refractivity contribution in [1.82, 2.24) is 5.32 Å². The number of carbonyl (C=O) groups is 1. The maximum absolute atomic E-state index is 11.9. The summed E-state index contributed by atoms with van der Waals surface area (Å²) in [5, 5.41) is 4.90.